The van der Waals surface area contributed by atoms with Gasteiger partial charge in [-0.05, 0) is 42.8 Å². The zero-order chi connectivity index (χ0) is 23.4. The molecule has 3 heterocycles. The van der Waals surface area contributed by atoms with E-state index in [9.17, 15) is 19.4 Å². The van der Waals surface area contributed by atoms with E-state index >= 15 is 0 Å². The van der Waals surface area contributed by atoms with Gasteiger partial charge >= 0.3 is 0 Å². The molecule has 2 aromatic heterocycles. The molecule has 0 aliphatic carbocycles. The number of benzene rings is 1. The highest BCUT2D eigenvalue weighted by atomic mass is 19.1. The lowest BCUT2D eigenvalue weighted by Gasteiger charge is -2.39. The highest BCUT2D eigenvalue weighted by Crippen LogP contribution is 2.33. The Morgan fingerprint density at radius 2 is 1.88 bits per heavy atom. The Balaban J connectivity index is 1.78. The van der Waals surface area contributed by atoms with Crippen LogP contribution in [0, 0.1) is 12.7 Å². The average molecular weight is 453 g/mol. The molecule has 1 unspecified atom stereocenters. The molecule has 0 spiro atoms. The van der Waals surface area contributed by atoms with E-state index in [4.69, 9.17) is 0 Å². The van der Waals surface area contributed by atoms with Gasteiger partial charge in [0.1, 0.15) is 11.6 Å². The molecule has 0 radical (unpaired) electrons. The van der Waals surface area contributed by atoms with E-state index in [0.29, 0.717) is 44.0 Å². The number of β-amino-alcohol motifs (C(OH)–C–C–N with tert-alkyl or cyclic N) is 1. The number of piperazine rings is 1. The van der Waals surface area contributed by atoms with E-state index in [1.165, 1.54) is 12.1 Å². The van der Waals surface area contributed by atoms with Crippen LogP contribution in [-0.2, 0) is 6.54 Å². The van der Waals surface area contributed by atoms with Crippen molar-refractivity contribution in [3.05, 3.63) is 93.4 Å². The van der Waals surface area contributed by atoms with Crippen molar-refractivity contribution < 1.29 is 14.6 Å². The number of aliphatic hydroxyl groups excluding tert-OH is 1. The number of halogens is 1. The van der Waals surface area contributed by atoms with Crippen LogP contribution in [0.25, 0.3) is 0 Å². The maximum absolute atomic E-state index is 14.2. The molecule has 1 fully saturated rings. The van der Waals surface area contributed by atoms with Gasteiger partial charge in [-0.2, -0.15) is 0 Å². The molecule has 1 aliphatic heterocycles. The van der Waals surface area contributed by atoms with Crippen molar-refractivity contribution >= 4 is 0 Å². The zero-order valence-corrected chi connectivity index (χ0v) is 18.7. The van der Waals surface area contributed by atoms with Gasteiger partial charge in [0.2, 0.25) is 0 Å². The number of nitrogens with zero attached hydrogens (tertiary/aromatic N) is 4. The first-order chi connectivity index (χ1) is 16.0. The van der Waals surface area contributed by atoms with Crippen molar-refractivity contribution in [2.24, 2.45) is 0 Å². The van der Waals surface area contributed by atoms with E-state index in [1.54, 1.807) is 35.9 Å². The van der Waals surface area contributed by atoms with Crippen LogP contribution in [0.2, 0.25) is 0 Å². The zero-order valence-electron chi connectivity index (χ0n) is 18.7. The molecule has 0 amide bonds. The number of aliphatic hydroxyl groups is 1. The van der Waals surface area contributed by atoms with Gasteiger partial charge in [-0.25, -0.2) is 4.39 Å². The lowest BCUT2D eigenvalue weighted by molar-refractivity contribution is 0.0931. The molecule has 1 atom stereocenters. The molecule has 4 rings (SSSR count). The third-order valence-electron chi connectivity index (χ3n) is 6.20. The van der Waals surface area contributed by atoms with Crippen molar-refractivity contribution in [2.75, 3.05) is 39.3 Å². The van der Waals surface area contributed by atoms with Gasteiger partial charge in [-0.1, -0.05) is 18.2 Å². The van der Waals surface area contributed by atoms with Crippen LogP contribution in [0.5, 0.6) is 5.75 Å². The summed E-state index contributed by atoms with van der Waals surface area (Å²) in [7, 11) is 0. The summed E-state index contributed by atoms with van der Waals surface area (Å²) >= 11 is 0. The number of hydrogen-bond donors (Lipinski definition) is 2. The first-order valence-electron chi connectivity index (χ1n) is 11.1. The molecule has 0 bridgehead atoms. The molecular formula is C25H29FN4O3. The van der Waals surface area contributed by atoms with Gasteiger partial charge in [0.15, 0.2) is 0 Å². The number of hydrogen-bond acceptors (Lipinski definition) is 6. The van der Waals surface area contributed by atoms with Gasteiger partial charge in [0.05, 0.1) is 30.5 Å². The SMILES string of the molecule is Cc1cc(O)c(C(c2cccc(F)c2)N2CCN(CCO)CC2)c(=O)n1Cc1ccccn1. The molecule has 174 valence electrons. The summed E-state index contributed by atoms with van der Waals surface area (Å²) in [6.45, 7) is 5.39. The quantitative estimate of drug-likeness (QED) is 0.572. The van der Waals surface area contributed by atoms with Crippen LogP contribution in [0.15, 0.2) is 59.5 Å². The fourth-order valence-corrected chi connectivity index (χ4v) is 4.50. The molecule has 2 N–H and O–H groups in total. The fraction of sp³-hybridized carbons (Fsp3) is 0.360. The topological polar surface area (TPSA) is 81.8 Å². The Kier molecular flexibility index (Phi) is 7.17. The molecule has 33 heavy (non-hydrogen) atoms. The van der Waals surface area contributed by atoms with Crippen molar-refractivity contribution in [2.45, 2.75) is 19.5 Å². The Labute approximate surface area is 192 Å². The van der Waals surface area contributed by atoms with Gasteiger partial charge in [-0.3, -0.25) is 19.6 Å². The summed E-state index contributed by atoms with van der Waals surface area (Å²) in [5.41, 5.74) is 1.89. The van der Waals surface area contributed by atoms with Gasteiger partial charge in [0, 0.05) is 44.6 Å². The molecule has 7 nitrogen and oxygen atoms in total. The predicted molar refractivity (Wildman–Crippen MR) is 124 cm³/mol. The Bertz CT molecular complexity index is 1140. The summed E-state index contributed by atoms with van der Waals surface area (Å²) in [6.07, 6.45) is 1.68. The minimum atomic E-state index is -0.597. The third-order valence-corrected chi connectivity index (χ3v) is 6.20. The second-order valence-corrected chi connectivity index (χ2v) is 8.36. The first-order valence-corrected chi connectivity index (χ1v) is 11.1. The molecule has 8 heteroatoms. The smallest absolute Gasteiger partial charge is 0.260 e. The predicted octanol–water partition coefficient (Wildman–Crippen LogP) is 2.14. The van der Waals surface area contributed by atoms with E-state index in [1.807, 2.05) is 18.2 Å². The molecule has 1 aliphatic rings. The van der Waals surface area contributed by atoms with E-state index < -0.39 is 11.9 Å². The lowest BCUT2D eigenvalue weighted by atomic mass is 9.95. The van der Waals surface area contributed by atoms with Crippen LogP contribution < -0.4 is 5.56 Å². The largest absolute Gasteiger partial charge is 0.507 e. The van der Waals surface area contributed by atoms with E-state index in [-0.39, 0.29) is 30.0 Å². The summed E-state index contributed by atoms with van der Waals surface area (Å²) in [5.74, 6) is -0.487. The normalized spacial score (nSPS) is 16.1. The van der Waals surface area contributed by atoms with Crippen molar-refractivity contribution in [3.8, 4) is 5.75 Å². The fourth-order valence-electron chi connectivity index (χ4n) is 4.50. The maximum atomic E-state index is 14.2. The van der Waals surface area contributed by atoms with Crippen LogP contribution >= 0.6 is 0 Å². The number of aryl methyl sites for hydroxylation is 1. The van der Waals surface area contributed by atoms with E-state index in [2.05, 4.69) is 14.8 Å². The average Bonchev–Trinajstić information content (AvgIpc) is 2.81. The molecule has 3 aromatic rings. The van der Waals surface area contributed by atoms with Gasteiger partial charge in [0.25, 0.3) is 5.56 Å². The number of aromatic nitrogens is 2. The van der Waals surface area contributed by atoms with Crippen molar-refractivity contribution in [3.63, 3.8) is 0 Å². The number of pyridine rings is 2. The Morgan fingerprint density at radius 3 is 2.55 bits per heavy atom. The second-order valence-electron chi connectivity index (χ2n) is 8.36. The molecule has 0 saturated carbocycles. The summed E-state index contributed by atoms with van der Waals surface area (Å²) in [5, 5.41) is 20.2. The monoisotopic (exact) mass is 452 g/mol. The van der Waals surface area contributed by atoms with Crippen molar-refractivity contribution in [1.82, 2.24) is 19.4 Å². The Morgan fingerprint density at radius 1 is 1.09 bits per heavy atom. The highest BCUT2D eigenvalue weighted by molar-refractivity contribution is 5.41. The van der Waals surface area contributed by atoms with Crippen LogP contribution in [0.1, 0.15) is 28.6 Å². The minimum absolute atomic E-state index is 0.0876. The third kappa shape index (κ3) is 5.13. The summed E-state index contributed by atoms with van der Waals surface area (Å²) in [4.78, 5) is 22.3. The van der Waals surface area contributed by atoms with Crippen LogP contribution in [-0.4, -0.2) is 68.9 Å². The summed E-state index contributed by atoms with van der Waals surface area (Å²) in [6, 6.07) is 12.7. The van der Waals surface area contributed by atoms with E-state index in [0.717, 1.165) is 5.69 Å². The summed E-state index contributed by atoms with van der Waals surface area (Å²) < 4.78 is 15.8. The molecule has 1 saturated heterocycles. The first kappa shape index (κ1) is 23.1. The van der Waals surface area contributed by atoms with Crippen molar-refractivity contribution in [1.29, 1.82) is 0 Å². The minimum Gasteiger partial charge on any atom is -0.507 e. The number of aromatic hydroxyl groups is 1. The maximum Gasteiger partial charge on any atom is 0.260 e. The van der Waals surface area contributed by atoms with Gasteiger partial charge < -0.3 is 14.8 Å². The highest BCUT2D eigenvalue weighted by Gasteiger charge is 2.31. The lowest BCUT2D eigenvalue weighted by Crippen LogP contribution is -2.49. The Hall–Kier alpha value is -3.07. The second kappa shape index (κ2) is 10.2. The van der Waals surface area contributed by atoms with Crippen LogP contribution in [0.4, 0.5) is 4.39 Å². The number of rotatable bonds is 7. The standard InChI is InChI=1S/C25H29FN4O3/c1-18-15-22(32)23(25(33)30(18)17-21-7-2-3-8-27-21)24(19-5-4-6-20(26)16-19)29-11-9-28(10-12-29)13-14-31/h2-8,15-16,24,31-32H,9-14,17H2,1H3. The van der Waals surface area contributed by atoms with Gasteiger partial charge in [-0.15, -0.1) is 0 Å². The van der Waals surface area contributed by atoms with Crippen LogP contribution in [0.3, 0.4) is 0 Å². The molecular weight excluding hydrogens is 423 g/mol. The molecule has 1 aromatic carbocycles.